The molecule has 2 heterocycles. The molecule has 2 aliphatic rings. The van der Waals surface area contributed by atoms with Crippen molar-refractivity contribution in [3.63, 3.8) is 0 Å². The number of amides is 2. The number of rotatable bonds is 4. The molecule has 0 N–H and O–H groups in total. The molecule has 5 heteroatoms. The number of likely N-dealkylation sites (tertiary alicyclic amines) is 2. The van der Waals surface area contributed by atoms with Crippen LogP contribution >= 0.6 is 0 Å². The van der Waals surface area contributed by atoms with E-state index < -0.39 is 0 Å². The molecule has 0 saturated carbocycles. The minimum absolute atomic E-state index is 0.130. The molecule has 2 aliphatic heterocycles. The van der Waals surface area contributed by atoms with E-state index in [9.17, 15) is 14.0 Å². The summed E-state index contributed by atoms with van der Waals surface area (Å²) in [6, 6.07) is 14.5. The van der Waals surface area contributed by atoms with Crippen LogP contribution in [-0.2, 0) is 22.6 Å². The Labute approximate surface area is 171 Å². The van der Waals surface area contributed by atoms with Gasteiger partial charge in [0.15, 0.2) is 0 Å². The van der Waals surface area contributed by atoms with Gasteiger partial charge in [0.1, 0.15) is 5.82 Å². The summed E-state index contributed by atoms with van der Waals surface area (Å²) in [5, 5.41) is 0. The average molecular weight is 394 g/mol. The van der Waals surface area contributed by atoms with Crippen molar-refractivity contribution in [3.8, 4) is 0 Å². The highest BCUT2D eigenvalue weighted by atomic mass is 19.1. The molecular formula is C24H27FN2O2. The van der Waals surface area contributed by atoms with Crippen LogP contribution in [-0.4, -0.2) is 41.2 Å². The molecule has 2 fully saturated rings. The van der Waals surface area contributed by atoms with Gasteiger partial charge in [-0.3, -0.25) is 9.59 Å². The van der Waals surface area contributed by atoms with Gasteiger partial charge >= 0.3 is 0 Å². The van der Waals surface area contributed by atoms with Gasteiger partial charge in [0.25, 0.3) is 0 Å². The molecule has 0 radical (unpaired) electrons. The fourth-order valence-electron chi connectivity index (χ4n) is 4.54. The van der Waals surface area contributed by atoms with Crippen molar-refractivity contribution < 1.29 is 14.0 Å². The molecule has 2 saturated heterocycles. The number of carbonyl (C=O) groups excluding carboxylic acids is 2. The summed E-state index contributed by atoms with van der Waals surface area (Å²) in [6.07, 6.45) is 2.66. The molecule has 0 aliphatic carbocycles. The lowest BCUT2D eigenvalue weighted by molar-refractivity contribution is -0.142. The maximum Gasteiger partial charge on any atom is 0.229 e. The van der Waals surface area contributed by atoms with E-state index in [-0.39, 0.29) is 23.0 Å². The van der Waals surface area contributed by atoms with E-state index in [2.05, 4.69) is 0 Å². The molecule has 2 aromatic rings. The van der Waals surface area contributed by atoms with Crippen LogP contribution in [0.3, 0.4) is 0 Å². The lowest BCUT2D eigenvalue weighted by Gasteiger charge is -2.38. The summed E-state index contributed by atoms with van der Waals surface area (Å²) >= 11 is 0. The summed E-state index contributed by atoms with van der Waals surface area (Å²) in [5.41, 5.74) is 2.68. The van der Waals surface area contributed by atoms with Gasteiger partial charge in [-0.2, -0.15) is 0 Å². The molecule has 0 aromatic heterocycles. The minimum atomic E-state index is -0.353. The molecule has 1 spiro atoms. The smallest absolute Gasteiger partial charge is 0.229 e. The fourth-order valence-corrected chi connectivity index (χ4v) is 4.54. The van der Waals surface area contributed by atoms with Crippen LogP contribution in [0.4, 0.5) is 4.39 Å². The van der Waals surface area contributed by atoms with E-state index in [1.54, 1.807) is 6.07 Å². The second-order valence-electron chi connectivity index (χ2n) is 8.43. The van der Waals surface area contributed by atoms with E-state index >= 15 is 0 Å². The van der Waals surface area contributed by atoms with Crippen LogP contribution in [0.1, 0.15) is 36.0 Å². The summed E-state index contributed by atoms with van der Waals surface area (Å²) in [5.74, 6) is 0.0161. The number of benzene rings is 2. The summed E-state index contributed by atoms with van der Waals surface area (Å²) in [6.45, 7) is 4.45. The number of nitrogens with zero attached hydrogens (tertiary/aromatic N) is 2. The Bertz CT molecular complexity index is 901. The molecule has 29 heavy (non-hydrogen) atoms. The number of carbonyl (C=O) groups is 2. The first-order valence-corrected chi connectivity index (χ1v) is 10.3. The van der Waals surface area contributed by atoms with Gasteiger partial charge in [0, 0.05) is 26.2 Å². The van der Waals surface area contributed by atoms with Crippen LogP contribution in [0.15, 0.2) is 48.5 Å². The molecule has 2 aromatic carbocycles. The number of aryl methyl sites for hydroxylation is 1. The van der Waals surface area contributed by atoms with E-state index in [0.29, 0.717) is 45.4 Å². The third kappa shape index (κ3) is 4.19. The monoisotopic (exact) mass is 394 g/mol. The van der Waals surface area contributed by atoms with E-state index in [4.69, 9.17) is 0 Å². The lowest BCUT2D eigenvalue weighted by Crippen LogP contribution is -2.47. The summed E-state index contributed by atoms with van der Waals surface area (Å²) in [7, 11) is 0. The molecule has 4 rings (SSSR count). The summed E-state index contributed by atoms with van der Waals surface area (Å²) in [4.78, 5) is 29.5. The van der Waals surface area contributed by atoms with Gasteiger partial charge in [-0.15, -0.1) is 0 Å². The highest BCUT2D eigenvalue weighted by molar-refractivity contribution is 5.85. The topological polar surface area (TPSA) is 40.6 Å². The zero-order valence-electron chi connectivity index (χ0n) is 16.9. The van der Waals surface area contributed by atoms with Crippen LogP contribution in [0.25, 0.3) is 0 Å². The standard InChI is InChI=1S/C24H27FN2O2/c1-18-5-7-19(8-6-18)16-22(28)26-12-9-24(10-13-26)11-14-27(23(24)29)17-20-3-2-4-21(25)15-20/h2-8,15H,9-14,16-17H2,1H3. The first kappa shape index (κ1) is 19.6. The van der Waals surface area contributed by atoms with Crippen LogP contribution < -0.4 is 0 Å². The highest BCUT2D eigenvalue weighted by Gasteiger charge is 2.48. The molecule has 0 atom stereocenters. The number of hydrogen-bond donors (Lipinski definition) is 0. The van der Waals surface area contributed by atoms with Crippen LogP contribution in [0.2, 0.25) is 0 Å². The fraction of sp³-hybridized carbons (Fsp3) is 0.417. The van der Waals surface area contributed by atoms with E-state index in [1.165, 1.54) is 17.7 Å². The second-order valence-corrected chi connectivity index (χ2v) is 8.43. The van der Waals surface area contributed by atoms with Gasteiger partial charge in [0.05, 0.1) is 11.8 Å². The van der Waals surface area contributed by atoms with Gasteiger partial charge in [-0.05, 0) is 49.4 Å². The first-order valence-electron chi connectivity index (χ1n) is 10.3. The largest absolute Gasteiger partial charge is 0.342 e. The van der Waals surface area contributed by atoms with E-state index in [0.717, 1.165) is 17.5 Å². The van der Waals surface area contributed by atoms with Gasteiger partial charge in [-0.1, -0.05) is 42.0 Å². The Morgan fingerprint density at radius 2 is 1.69 bits per heavy atom. The zero-order valence-corrected chi connectivity index (χ0v) is 16.9. The molecule has 0 unspecified atom stereocenters. The zero-order chi connectivity index (χ0) is 20.4. The Hall–Kier alpha value is -2.69. The SMILES string of the molecule is Cc1ccc(CC(=O)N2CCC3(CC2)CCN(Cc2cccc(F)c2)C3=O)cc1. The first-order chi connectivity index (χ1) is 13.9. The van der Waals surface area contributed by atoms with Gasteiger partial charge < -0.3 is 9.80 Å². The maximum atomic E-state index is 13.4. The Kier molecular flexibility index (Phi) is 5.39. The lowest BCUT2D eigenvalue weighted by atomic mass is 9.77. The van der Waals surface area contributed by atoms with Crippen LogP contribution in [0.5, 0.6) is 0 Å². The number of hydrogen-bond acceptors (Lipinski definition) is 2. The van der Waals surface area contributed by atoms with Crippen molar-refractivity contribution in [2.45, 2.75) is 39.2 Å². The normalized spacial score (nSPS) is 18.5. The van der Waals surface area contributed by atoms with Crippen molar-refractivity contribution in [2.24, 2.45) is 5.41 Å². The van der Waals surface area contributed by atoms with Crippen molar-refractivity contribution in [1.29, 1.82) is 0 Å². The number of piperidine rings is 1. The van der Waals surface area contributed by atoms with Crippen molar-refractivity contribution in [3.05, 3.63) is 71.0 Å². The predicted molar refractivity (Wildman–Crippen MR) is 110 cm³/mol. The number of halogens is 1. The molecule has 2 amide bonds. The van der Waals surface area contributed by atoms with Crippen LogP contribution in [0, 0.1) is 18.2 Å². The third-order valence-corrected chi connectivity index (χ3v) is 6.41. The molecule has 4 nitrogen and oxygen atoms in total. The highest BCUT2D eigenvalue weighted by Crippen LogP contribution is 2.42. The third-order valence-electron chi connectivity index (χ3n) is 6.41. The average Bonchev–Trinajstić information content (AvgIpc) is 3.00. The van der Waals surface area contributed by atoms with Gasteiger partial charge in [-0.25, -0.2) is 4.39 Å². The predicted octanol–water partition coefficient (Wildman–Crippen LogP) is 3.72. The minimum Gasteiger partial charge on any atom is -0.342 e. The Balaban J connectivity index is 1.34. The summed E-state index contributed by atoms with van der Waals surface area (Å²) < 4.78 is 13.4. The van der Waals surface area contributed by atoms with E-state index in [1.807, 2.05) is 47.1 Å². The van der Waals surface area contributed by atoms with Crippen molar-refractivity contribution in [1.82, 2.24) is 9.80 Å². The molecule has 152 valence electrons. The quantitative estimate of drug-likeness (QED) is 0.793. The van der Waals surface area contributed by atoms with Crippen molar-refractivity contribution in [2.75, 3.05) is 19.6 Å². The Morgan fingerprint density at radius 3 is 2.38 bits per heavy atom. The maximum absolute atomic E-state index is 13.4. The second kappa shape index (κ2) is 7.97. The van der Waals surface area contributed by atoms with Crippen molar-refractivity contribution >= 4 is 11.8 Å². The van der Waals surface area contributed by atoms with Gasteiger partial charge in [0.2, 0.25) is 11.8 Å². The molecular weight excluding hydrogens is 367 g/mol. The Morgan fingerprint density at radius 1 is 1.00 bits per heavy atom. The molecule has 0 bridgehead atoms.